The van der Waals surface area contributed by atoms with E-state index in [0.29, 0.717) is 26.2 Å². The van der Waals surface area contributed by atoms with Gasteiger partial charge in [0, 0.05) is 26.2 Å². The lowest BCUT2D eigenvalue weighted by Crippen LogP contribution is -2.41. The standard InChI is InChI=1S/C20H29FN4O3.HI/c1-4-22-20(25-12-14(2)17(13-25)19(27)28-3)24-10-9-23-18(26)11-15-5-7-16(21)8-6-15;/h5-8,14,17H,4,9-13H2,1-3H3,(H,22,24)(H,23,26);1H. The minimum Gasteiger partial charge on any atom is -0.469 e. The Balaban J connectivity index is 0.00000420. The first-order valence-corrected chi connectivity index (χ1v) is 9.56. The molecule has 0 saturated carbocycles. The fourth-order valence-electron chi connectivity index (χ4n) is 3.23. The van der Waals surface area contributed by atoms with Gasteiger partial charge in [0.25, 0.3) is 0 Å². The summed E-state index contributed by atoms with van der Waals surface area (Å²) < 4.78 is 17.8. The van der Waals surface area contributed by atoms with Gasteiger partial charge in [-0.25, -0.2) is 4.39 Å². The van der Waals surface area contributed by atoms with Crippen LogP contribution in [-0.2, 0) is 20.7 Å². The fourth-order valence-corrected chi connectivity index (χ4v) is 3.23. The van der Waals surface area contributed by atoms with Gasteiger partial charge in [-0.05, 0) is 30.5 Å². The molecule has 2 unspecified atom stereocenters. The number of halogens is 2. The van der Waals surface area contributed by atoms with Gasteiger partial charge in [0.2, 0.25) is 5.91 Å². The van der Waals surface area contributed by atoms with Crippen molar-refractivity contribution in [3.05, 3.63) is 35.6 Å². The maximum Gasteiger partial charge on any atom is 0.310 e. The van der Waals surface area contributed by atoms with E-state index in [-0.39, 0.29) is 59.9 Å². The van der Waals surface area contributed by atoms with Crippen LogP contribution in [0.4, 0.5) is 4.39 Å². The molecular weight excluding hydrogens is 490 g/mol. The third kappa shape index (κ3) is 7.79. The molecule has 2 atom stereocenters. The summed E-state index contributed by atoms with van der Waals surface area (Å²) in [4.78, 5) is 30.5. The van der Waals surface area contributed by atoms with Crippen molar-refractivity contribution in [1.29, 1.82) is 0 Å². The molecule has 162 valence electrons. The Hall–Kier alpha value is -1.91. The van der Waals surface area contributed by atoms with Crippen molar-refractivity contribution in [2.45, 2.75) is 20.3 Å². The number of hydrogen-bond donors (Lipinski definition) is 2. The van der Waals surface area contributed by atoms with Crippen molar-refractivity contribution < 1.29 is 18.7 Å². The number of carbonyl (C=O) groups is 2. The fraction of sp³-hybridized carbons (Fsp3) is 0.550. The lowest BCUT2D eigenvalue weighted by atomic mass is 9.99. The van der Waals surface area contributed by atoms with Crippen LogP contribution in [0, 0.1) is 17.7 Å². The third-order valence-corrected chi connectivity index (χ3v) is 4.72. The molecule has 1 heterocycles. The molecule has 0 spiro atoms. The zero-order chi connectivity index (χ0) is 20.5. The van der Waals surface area contributed by atoms with Crippen LogP contribution < -0.4 is 10.6 Å². The number of methoxy groups -OCH3 is 1. The molecule has 1 aromatic rings. The van der Waals surface area contributed by atoms with Gasteiger partial charge in [-0.3, -0.25) is 14.6 Å². The molecule has 7 nitrogen and oxygen atoms in total. The smallest absolute Gasteiger partial charge is 0.310 e. The molecule has 1 aromatic carbocycles. The van der Waals surface area contributed by atoms with Crippen molar-refractivity contribution in [1.82, 2.24) is 15.5 Å². The Morgan fingerprint density at radius 2 is 1.93 bits per heavy atom. The molecule has 0 bridgehead atoms. The Kier molecular flexibility index (Phi) is 10.9. The van der Waals surface area contributed by atoms with Crippen LogP contribution in [0.15, 0.2) is 29.3 Å². The van der Waals surface area contributed by atoms with Crippen molar-refractivity contribution in [2.75, 3.05) is 39.8 Å². The predicted molar refractivity (Wildman–Crippen MR) is 121 cm³/mol. The zero-order valence-corrected chi connectivity index (χ0v) is 19.4. The number of aliphatic imine (C=N–C) groups is 1. The van der Waals surface area contributed by atoms with Gasteiger partial charge in [-0.2, -0.15) is 0 Å². The summed E-state index contributed by atoms with van der Waals surface area (Å²) >= 11 is 0. The highest BCUT2D eigenvalue weighted by atomic mass is 127. The molecule has 0 aliphatic carbocycles. The Labute approximate surface area is 188 Å². The lowest BCUT2D eigenvalue weighted by molar-refractivity contribution is -0.146. The average Bonchev–Trinajstić information content (AvgIpc) is 3.07. The number of nitrogens with zero attached hydrogens (tertiary/aromatic N) is 2. The van der Waals surface area contributed by atoms with Gasteiger partial charge in [0.1, 0.15) is 5.82 Å². The number of ether oxygens (including phenoxy) is 1. The molecule has 1 fully saturated rings. The summed E-state index contributed by atoms with van der Waals surface area (Å²) in [5.74, 6) is 0.107. The molecule has 1 aliphatic heterocycles. The molecule has 0 aromatic heterocycles. The van der Waals surface area contributed by atoms with Gasteiger partial charge in [-0.15, -0.1) is 24.0 Å². The van der Waals surface area contributed by atoms with E-state index in [9.17, 15) is 14.0 Å². The average molecular weight is 520 g/mol. The van der Waals surface area contributed by atoms with Crippen LogP contribution in [0.3, 0.4) is 0 Å². The molecule has 0 radical (unpaired) electrons. The number of rotatable bonds is 7. The molecular formula is C20H30FIN4O3. The minimum absolute atomic E-state index is 0. The van der Waals surface area contributed by atoms with Crippen molar-refractivity contribution in [3.63, 3.8) is 0 Å². The molecule has 2 N–H and O–H groups in total. The molecule has 2 rings (SSSR count). The minimum atomic E-state index is -0.319. The number of guanidine groups is 1. The van der Waals surface area contributed by atoms with E-state index in [4.69, 9.17) is 4.74 Å². The Morgan fingerprint density at radius 3 is 2.55 bits per heavy atom. The maximum atomic E-state index is 12.9. The molecule has 1 aliphatic rings. The maximum absolute atomic E-state index is 12.9. The summed E-state index contributed by atoms with van der Waals surface area (Å²) in [6.45, 7) is 6.84. The lowest BCUT2D eigenvalue weighted by Gasteiger charge is -2.21. The Morgan fingerprint density at radius 1 is 1.24 bits per heavy atom. The topological polar surface area (TPSA) is 83.0 Å². The number of likely N-dealkylation sites (tertiary alicyclic amines) is 1. The van der Waals surface area contributed by atoms with E-state index in [1.165, 1.54) is 19.2 Å². The van der Waals surface area contributed by atoms with Crippen molar-refractivity contribution in [2.24, 2.45) is 16.8 Å². The normalized spacial score (nSPS) is 18.8. The van der Waals surface area contributed by atoms with E-state index in [2.05, 4.69) is 20.5 Å². The number of esters is 1. The summed E-state index contributed by atoms with van der Waals surface area (Å²) in [7, 11) is 1.41. The number of carbonyl (C=O) groups excluding carboxylic acids is 2. The Bertz CT molecular complexity index is 699. The highest BCUT2D eigenvalue weighted by molar-refractivity contribution is 14.0. The molecule has 29 heavy (non-hydrogen) atoms. The van der Waals surface area contributed by atoms with Crippen LogP contribution in [0.25, 0.3) is 0 Å². The molecule has 1 amide bonds. The summed E-state index contributed by atoms with van der Waals surface area (Å²) in [5.41, 5.74) is 0.760. The van der Waals surface area contributed by atoms with Crippen molar-refractivity contribution in [3.8, 4) is 0 Å². The second-order valence-corrected chi connectivity index (χ2v) is 6.90. The van der Waals surface area contributed by atoms with Crippen LogP contribution in [-0.4, -0.2) is 62.6 Å². The molecule has 1 saturated heterocycles. The first kappa shape index (κ1) is 25.1. The van der Waals surface area contributed by atoms with Crippen LogP contribution in [0.1, 0.15) is 19.4 Å². The highest BCUT2D eigenvalue weighted by Gasteiger charge is 2.36. The SMILES string of the molecule is CCNC(=NCCNC(=O)Cc1ccc(F)cc1)N1CC(C)C(C(=O)OC)C1.I. The number of benzene rings is 1. The number of amides is 1. The second-order valence-electron chi connectivity index (χ2n) is 6.90. The largest absolute Gasteiger partial charge is 0.469 e. The zero-order valence-electron chi connectivity index (χ0n) is 17.1. The number of nitrogens with one attached hydrogen (secondary N) is 2. The summed E-state index contributed by atoms with van der Waals surface area (Å²) in [6, 6.07) is 5.88. The monoisotopic (exact) mass is 520 g/mol. The van der Waals surface area contributed by atoms with Crippen LogP contribution in [0.5, 0.6) is 0 Å². The van der Waals surface area contributed by atoms with Gasteiger partial charge in [0.05, 0.1) is 26.0 Å². The van der Waals surface area contributed by atoms with Gasteiger partial charge in [0.15, 0.2) is 5.96 Å². The summed E-state index contributed by atoms with van der Waals surface area (Å²) in [5, 5.41) is 6.05. The molecule has 9 heteroatoms. The van der Waals surface area contributed by atoms with Gasteiger partial charge < -0.3 is 20.3 Å². The third-order valence-electron chi connectivity index (χ3n) is 4.72. The summed E-state index contributed by atoms with van der Waals surface area (Å²) in [6.07, 6.45) is 0.203. The van der Waals surface area contributed by atoms with E-state index in [1.807, 2.05) is 13.8 Å². The van der Waals surface area contributed by atoms with E-state index in [1.54, 1.807) is 12.1 Å². The van der Waals surface area contributed by atoms with Gasteiger partial charge >= 0.3 is 5.97 Å². The predicted octanol–water partition coefficient (Wildman–Crippen LogP) is 1.81. The van der Waals surface area contributed by atoms with E-state index in [0.717, 1.165) is 18.1 Å². The van der Waals surface area contributed by atoms with Crippen LogP contribution >= 0.6 is 24.0 Å². The van der Waals surface area contributed by atoms with Crippen LogP contribution in [0.2, 0.25) is 0 Å². The van der Waals surface area contributed by atoms with E-state index < -0.39 is 0 Å². The second kappa shape index (κ2) is 12.6. The highest BCUT2D eigenvalue weighted by Crippen LogP contribution is 2.24. The quantitative estimate of drug-likeness (QED) is 0.189. The van der Waals surface area contributed by atoms with E-state index >= 15 is 0 Å². The van der Waals surface area contributed by atoms with Crippen molar-refractivity contribution >= 4 is 41.8 Å². The first-order chi connectivity index (χ1) is 13.4. The first-order valence-electron chi connectivity index (χ1n) is 9.56. The van der Waals surface area contributed by atoms with Gasteiger partial charge in [-0.1, -0.05) is 19.1 Å². The number of hydrogen-bond acceptors (Lipinski definition) is 4.